The number of likely N-dealkylation sites (N-methyl/N-ethyl adjacent to an activating group) is 1. The van der Waals surface area contributed by atoms with Gasteiger partial charge in [-0.05, 0) is 68.2 Å². The van der Waals surface area contributed by atoms with Gasteiger partial charge in [0.05, 0.1) is 38.6 Å². The van der Waals surface area contributed by atoms with Gasteiger partial charge in [0.2, 0.25) is 0 Å². The van der Waals surface area contributed by atoms with Crippen molar-refractivity contribution in [2.45, 2.75) is 71.8 Å². The molecule has 9 nitrogen and oxygen atoms in total. The van der Waals surface area contributed by atoms with E-state index in [0.717, 1.165) is 37.1 Å². The largest absolute Gasteiger partial charge is 0.464 e. The Morgan fingerprint density at radius 2 is 1.91 bits per heavy atom. The monoisotopic (exact) mass is 676 g/mol. The number of nitrogens with one attached hydrogen (secondary N) is 1. The summed E-state index contributed by atoms with van der Waals surface area (Å²) >= 11 is 1.68. The van der Waals surface area contributed by atoms with Gasteiger partial charge in [0, 0.05) is 51.4 Å². The molecular formula is C36H53FN2O7S. The second kappa shape index (κ2) is 20.5. The Morgan fingerprint density at radius 3 is 2.53 bits per heavy atom. The van der Waals surface area contributed by atoms with Crippen molar-refractivity contribution in [3.8, 4) is 0 Å². The van der Waals surface area contributed by atoms with E-state index in [1.807, 2.05) is 13.0 Å². The first-order valence-corrected chi connectivity index (χ1v) is 17.9. The number of ether oxygens (including phenoxy) is 5. The number of allylic oxidation sites excluding steroid dienone is 8. The van der Waals surface area contributed by atoms with E-state index in [-0.39, 0.29) is 23.6 Å². The molecule has 0 aromatic carbocycles. The van der Waals surface area contributed by atoms with Gasteiger partial charge >= 0.3 is 5.97 Å². The molecule has 0 radical (unpaired) electrons. The van der Waals surface area contributed by atoms with Crippen LogP contribution in [0.15, 0.2) is 70.6 Å². The molecule has 2 unspecified atom stereocenters. The predicted octanol–water partition coefficient (Wildman–Crippen LogP) is 6.71. The summed E-state index contributed by atoms with van der Waals surface area (Å²) < 4.78 is 44.3. The zero-order valence-electron chi connectivity index (χ0n) is 28.7. The van der Waals surface area contributed by atoms with Crippen LogP contribution in [0.25, 0.3) is 0 Å². The minimum absolute atomic E-state index is 0.0862. The molecule has 47 heavy (non-hydrogen) atoms. The average Bonchev–Trinajstić information content (AvgIpc) is 3.46. The van der Waals surface area contributed by atoms with Gasteiger partial charge < -0.3 is 33.3 Å². The molecule has 0 aromatic heterocycles. The third-order valence-electron chi connectivity index (χ3n) is 8.48. The van der Waals surface area contributed by atoms with Gasteiger partial charge in [-0.15, -0.1) is 0 Å². The SMILES string of the molecule is C=C/C(=C(\C/C=C1\CC(C(=O)NC)=C(C2=CC=C(F)CC2C)O1)N(CCCOCCOCCOC(C)C(=O)OCC)SC)C1CCC1. The van der Waals surface area contributed by atoms with Crippen LogP contribution in [0.3, 0.4) is 0 Å². The molecule has 1 amide bonds. The molecule has 0 saturated heterocycles. The third-order valence-corrected chi connectivity index (χ3v) is 9.32. The van der Waals surface area contributed by atoms with Crippen LogP contribution < -0.4 is 5.32 Å². The van der Waals surface area contributed by atoms with Gasteiger partial charge in [-0.3, -0.25) is 4.79 Å². The van der Waals surface area contributed by atoms with E-state index in [0.29, 0.717) is 76.2 Å². The number of carbonyl (C=O) groups excluding carboxylic acids is 2. The molecular weight excluding hydrogens is 623 g/mol. The lowest BCUT2D eigenvalue weighted by molar-refractivity contribution is -0.156. The van der Waals surface area contributed by atoms with Crippen LogP contribution in [0.4, 0.5) is 4.39 Å². The molecule has 2 atom stereocenters. The number of hydrogen-bond acceptors (Lipinski definition) is 9. The summed E-state index contributed by atoms with van der Waals surface area (Å²) in [7, 11) is 1.61. The standard InChI is InChI=1S/C36H53FN2O7S/c1-7-30(27-11-9-12-27)33(39(47-6)17-10-18-42-19-20-43-21-22-45-26(4)36(41)44-8-2)16-14-29-24-32(35(40)38-5)34(46-29)31-15-13-28(37)23-25(31)3/h7,13-15,25-27H,1,8-12,16-24H2,2-6H3,(H,38,40)/b29-14+,33-30-. The molecule has 1 fully saturated rings. The summed E-state index contributed by atoms with van der Waals surface area (Å²) in [5.74, 6) is 0.948. The Kier molecular flexibility index (Phi) is 16.8. The fourth-order valence-electron chi connectivity index (χ4n) is 5.67. The topological polar surface area (TPSA) is 95.6 Å². The number of halogens is 1. The molecule has 2 aliphatic carbocycles. The molecule has 3 aliphatic rings. The van der Waals surface area contributed by atoms with E-state index in [9.17, 15) is 14.0 Å². The van der Waals surface area contributed by atoms with Crippen molar-refractivity contribution in [1.82, 2.24) is 9.62 Å². The molecule has 0 spiro atoms. The van der Waals surface area contributed by atoms with Crippen molar-refractivity contribution in [2.24, 2.45) is 11.8 Å². The maximum absolute atomic E-state index is 13.9. The van der Waals surface area contributed by atoms with E-state index in [4.69, 9.17) is 23.7 Å². The van der Waals surface area contributed by atoms with E-state index >= 15 is 0 Å². The first-order chi connectivity index (χ1) is 22.7. The Hall–Kier alpha value is -2.86. The van der Waals surface area contributed by atoms with Crippen LogP contribution in [0.2, 0.25) is 0 Å². The number of rotatable bonds is 21. The predicted molar refractivity (Wildman–Crippen MR) is 184 cm³/mol. The fraction of sp³-hybridized carbons (Fsp3) is 0.611. The zero-order chi connectivity index (χ0) is 34.2. The molecule has 262 valence electrons. The second-order valence-electron chi connectivity index (χ2n) is 11.7. The van der Waals surface area contributed by atoms with Gasteiger partial charge in [-0.25, -0.2) is 9.18 Å². The van der Waals surface area contributed by atoms with Crippen molar-refractivity contribution in [3.05, 3.63) is 70.6 Å². The van der Waals surface area contributed by atoms with Gasteiger partial charge in [0.25, 0.3) is 5.91 Å². The minimum Gasteiger partial charge on any atom is -0.464 e. The van der Waals surface area contributed by atoms with Gasteiger partial charge in [-0.2, -0.15) is 0 Å². The number of esters is 1. The molecule has 0 bridgehead atoms. The average molecular weight is 677 g/mol. The molecule has 3 rings (SSSR count). The van der Waals surface area contributed by atoms with Crippen LogP contribution in [-0.2, 0) is 33.3 Å². The summed E-state index contributed by atoms with van der Waals surface area (Å²) in [6, 6.07) is 0. The molecule has 1 saturated carbocycles. The lowest BCUT2D eigenvalue weighted by atomic mass is 9.78. The van der Waals surface area contributed by atoms with E-state index in [1.54, 1.807) is 38.9 Å². The summed E-state index contributed by atoms with van der Waals surface area (Å²) in [4.78, 5) is 24.4. The highest BCUT2D eigenvalue weighted by atomic mass is 32.2. The van der Waals surface area contributed by atoms with Crippen molar-refractivity contribution < 1.29 is 37.7 Å². The summed E-state index contributed by atoms with van der Waals surface area (Å²) in [6.07, 6.45) is 14.4. The molecule has 0 aromatic rings. The first-order valence-electron chi connectivity index (χ1n) is 16.7. The van der Waals surface area contributed by atoms with Crippen molar-refractivity contribution >= 4 is 23.8 Å². The Balaban J connectivity index is 1.56. The van der Waals surface area contributed by atoms with E-state index in [2.05, 4.69) is 28.5 Å². The summed E-state index contributed by atoms with van der Waals surface area (Å²) in [5, 5.41) is 2.74. The van der Waals surface area contributed by atoms with Crippen LogP contribution >= 0.6 is 11.9 Å². The molecule has 11 heteroatoms. The lowest BCUT2D eigenvalue weighted by Crippen LogP contribution is -2.25. The Morgan fingerprint density at radius 1 is 1.19 bits per heavy atom. The second-order valence-corrected chi connectivity index (χ2v) is 12.5. The first kappa shape index (κ1) is 38.6. The Bertz CT molecular complexity index is 1240. The van der Waals surface area contributed by atoms with Gasteiger partial charge in [0.1, 0.15) is 17.3 Å². The maximum Gasteiger partial charge on any atom is 0.334 e. The summed E-state index contributed by atoms with van der Waals surface area (Å²) in [6.45, 7) is 12.9. The zero-order valence-corrected chi connectivity index (χ0v) is 29.6. The highest BCUT2D eigenvalue weighted by molar-refractivity contribution is 7.96. The summed E-state index contributed by atoms with van der Waals surface area (Å²) in [5.41, 5.74) is 3.87. The maximum atomic E-state index is 13.9. The fourth-order valence-corrected chi connectivity index (χ4v) is 6.38. The van der Waals surface area contributed by atoms with Gasteiger partial charge in [0.15, 0.2) is 6.10 Å². The van der Waals surface area contributed by atoms with E-state index in [1.165, 1.54) is 23.8 Å². The minimum atomic E-state index is -0.608. The van der Waals surface area contributed by atoms with Crippen LogP contribution in [0.1, 0.15) is 65.7 Å². The number of hydrogen-bond donors (Lipinski definition) is 1. The number of carbonyl (C=O) groups is 2. The molecule has 1 heterocycles. The highest BCUT2D eigenvalue weighted by Crippen LogP contribution is 2.41. The van der Waals surface area contributed by atoms with Crippen molar-refractivity contribution in [1.29, 1.82) is 0 Å². The van der Waals surface area contributed by atoms with Crippen molar-refractivity contribution in [3.63, 3.8) is 0 Å². The highest BCUT2D eigenvalue weighted by Gasteiger charge is 2.32. The smallest absolute Gasteiger partial charge is 0.334 e. The van der Waals surface area contributed by atoms with Crippen LogP contribution in [0, 0.1) is 11.8 Å². The molecule has 1 N–H and O–H groups in total. The third kappa shape index (κ3) is 11.7. The number of amides is 1. The normalized spacial score (nSPS) is 20.1. The number of nitrogens with zero attached hydrogens (tertiary/aromatic N) is 1. The van der Waals surface area contributed by atoms with Crippen LogP contribution in [0.5, 0.6) is 0 Å². The molecule has 1 aliphatic heterocycles. The quantitative estimate of drug-likeness (QED) is 0.0616. The van der Waals surface area contributed by atoms with E-state index < -0.39 is 6.10 Å². The Labute approximate surface area is 284 Å². The lowest BCUT2D eigenvalue weighted by Gasteiger charge is -2.33. The van der Waals surface area contributed by atoms with Gasteiger partial charge in [-0.1, -0.05) is 44.0 Å². The van der Waals surface area contributed by atoms with Crippen LogP contribution in [-0.4, -0.2) is 81.8 Å². The van der Waals surface area contributed by atoms with Crippen molar-refractivity contribution in [2.75, 3.05) is 59.5 Å².